The molecule has 0 saturated heterocycles. The van der Waals surface area contributed by atoms with E-state index in [1.54, 1.807) is 0 Å². The summed E-state index contributed by atoms with van der Waals surface area (Å²) in [7, 11) is 8.17. The molecule has 12 N–H and O–H groups in total. The van der Waals surface area contributed by atoms with Crippen molar-refractivity contribution in [1.82, 2.24) is 76.0 Å². The van der Waals surface area contributed by atoms with Gasteiger partial charge in [-0.2, -0.15) is 0 Å². The Morgan fingerprint density at radius 1 is 0.261 bits per heavy atom. The van der Waals surface area contributed by atoms with Gasteiger partial charge in [0.2, 0.25) is 35.4 Å². The Kier molecular flexibility index (Phi) is 51.7. The van der Waals surface area contributed by atoms with Crippen LogP contribution in [0.25, 0.3) is 0 Å². The fourth-order valence-electron chi connectivity index (χ4n) is 6.51. The second-order valence-corrected chi connectivity index (χ2v) is 18.9. The zero-order chi connectivity index (χ0) is 67.2. The van der Waals surface area contributed by atoms with Gasteiger partial charge in [-0.25, -0.2) is 0 Å². The van der Waals surface area contributed by atoms with Crippen LogP contribution in [0.3, 0.4) is 0 Å². The third-order valence-electron chi connectivity index (χ3n) is 11.1. The molecular weight excluding hydrogens is 1330 g/mol. The van der Waals surface area contributed by atoms with E-state index in [4.69, 9.17) is 30.6 Å². The van der Waals surface area contributed by atoms with Crippen molar-refractivity contribution in [2.45, 2.75) is 0 Å². The van der Waals surface area contributed by atoms with Gasteiger partial charge in [0, 0.05) is 140 Å². The summed E-state index contributed by atoms with van der Waals surface area (Å²) in [5, 5.41) is 101. The monoisotopic (exact) mass is 1410 g/mol. The number of nitrogens with zero attached hydrogens (tertiary/aromatic N) is 9. The van der Waals surface area contributed by atoms with Crippen LogP contribution in [0.5, 0.6) is 0 Å². The Hall–Kier alpha value is -6.99. The van der Waals surface area contributed by atoms with Gasteiger partial charge in [0.05, 0.1) is 57.2 Å². The van der Waals surface area contributed by atoms with Crippen LogP contribution in [-0.4, -0.2) is 383 Å². The van der Waals surface area contributed by atoms with Crippen LogP contribution in [0.1, 0.15) is 0 Å². The number of hydrogen-bond acceptors (Lipinski definition) is 27. The Bertz CT molecular complexity index is 1880. The van der Waals surface area contributed by atoms with Crippen LogP contribution >= 0.6 is 0 Å². The van der Waals surface area contributed by atoms with Crippen molar-refractivity contribution >= 4 is 89.2 Å². The van der Waals surface area contributed by atoms with Crippen LogP contribution < -0.4 is 47.2 Å². The van der Waals surface area contributed by atoms with Crippen molar-refractivity contribution in [2.75, 3.05) is 219 Å². The quantitative estimate of drug-likeness (QED) is 0.0252. The molecule has 0 rings (SSSR count). The average Bonchev–Trinajstić information content (AvgIpc) is 3.39. The SMILES string of the molecule is CN(CC(=O)O)C(=O)CNCCN(CCNCC(=O)N(C)CC(=O)O)CC(=O)[O-].CN(CC(=O)O)C(=O)CNCCN(CCNCC(=O)N(C)CC(=O)O)CC(=O)[O-].CN(CC(=O)O)C(=O)CNCCN(CCNCC(=O)N(C)CC(=O)O)CC(=O)[O-].[Gd+3]. The summed E-state index contributed by atoms with van der Waals surface area (Å²) in [4.78, 5) is 177. The first-order valence-electron chi connectivity index (χ1n) is 26.3. The third-order valence-corrected chi connectivity index (χ3v) is 11.1. The minimum Gasteiger partial charge on any atom is -0.549 e. The number of carboxylic acid groups (broad SMARTS) is 9. The second kappa shape index (κ2) is 52.0. The van der Waals surface area contributed by atoms with Crippen molar-refractivity contribution in [3.63, 3.8) is 0 Å². The van der Waals surface area contributed by atoms with Gasteiger partial charge in [-0.05, 0) is 0 Å². The van der Waals surface area contributed by atoms with Gasteiger partial charge in [-0.3, -0.25) is 72.2 Å². The molecule has 0 aromatic rings. The number of nitrogens with one attached hydrogen (secondary N) is 6. The first-order valence-corrected chi connectivity index (χ1v) is 26.3. The summed E-state index contributed by atoms with van der Waals surface area (Å²) in [5.74, 6) is -13.1. The molecule has 0 bridgehead atoms. The van der Waals surface area contributed by atoms with Gasteiger partial charge in [-0.1, -0.05) is 0 Å². The van der Waals surface area contributed by atoms with Crippen LogP contribution in [0.2, 0.25) is 0 Å². The maximum Gasteiger partial charge on any atom is 3.00 e. The molecule has 1 radical (unpaired) electrons. The Balaban J connectivity index is -0.000000598. The van der Waals surface area contributed by atoms with E-state index in [0.717, 1.165) is 29.4 Å². The van der Waals surface area contributed by atoms with E-state index >= 15 is 0 Å². The Morgan fingerprint density at radius 3 is 0.489 bits per heavy atom. The van der Waals surface area contributed by atoms with Crippen molar-refractivity contribution < 1.29 is 158 Å². The van der Waals surface area contributed by atoms with E-state index in [2.05, 4.69) is 31.9 Å². The van der Waals surface area contributed by atoms with Crippen LogP contribution in [0, 0.1) is 39.9 Å². The molecule has 6 amide bonds. The van der Waals surface area contributed by atoms with Crippen molar-refractivity contribution in [2.24, 2.45) is 0 Å². The van der Waals surface area contributed by atoms with Gasteiger partial charge >= 0.3 is 75.8 Å². The predicted octanol–water partition coefficient (Wildman–Crippen LogP) is -14.1. The fourth-order valence-corrected chi connectivity index (χ4v) is 6.51. The molecule has 40 heteroatoms. The Morgan fingerprint density at radius 2 is 0.386 bits per heavy atom. The van der Waals surface area contributed by atoms with Gasteiger partial charge in [0.25, 0.3) is 0 Å². The number of amides is 6. The van der Waals surface area contributed by atoms with Crippen LogP contribution in [0.15, 0.2) is 0 Å². The van der Waals surface area contributed by atoms with E-state index in [-0.39, 0.29) is 177 Å². The standard InChI is InChI=1S/3C16H29N5O8.Gd/c3*1-19(9-14(24)25)12(22)7-17-3-5-21(11-16(28)29)6-4-18-8-13(23)20(2)10-15(26)27;/h3*17-18H,3-11H2,1-2H3,(H,24,25)(H,26,27)(H,28,29);/q;;;+3/p-3. The molecule has 39 nitrogen and oxygen atoms in total. The number of carbonyl (C=O) groups is 15. The van der Waals surface area contributed by atoms with E-state index < -0.39 is 128 Å². The number of carboxylic acids is 9. The number of likely N-dealkylation sites (N-methyl/N-ethyl adjacent to an activating group) is 6. The summed E-state index contributed by atoms with van der Waals surface area (Å²) in [6.45, 7) is -0.737. The molecule has 0 atom stereocenters. The number of aliphatic carboxylic acids is 9. The summed E-state index contributed by atoms with van der Waals surface area (Å²) in [6, 6.07) is 0. The first-order chi connectivity index (χ1) is 40.6. The molecular formula is C48H84GdN15O24. The molecule has 88 heavy (non-hydrogen) atoms. The molecule has 0 aliphatic carbocycles. The normalized spacial score (nSPS) is 10.5. The van der Waals surface area contributed by atoms with E-state index in [0.29, 0.717) is 0 Å². The zero-order valence-corrected chi connectivity index (χ0v) is 52.3. The van der Waals surface area contributed by atoms with Crippen LogP contribution in [-0.2, 0) is 71.9 Å². The van der Waals surface area contributed by atoms with Crippen molar-refractivity contribution in [1.29, 1.82) is 0 Å². The molecule has 0 spiro atoms. The number of carbonyl (C=O) groups excluding carboxylic acids is 9. The first kappa shape index (κ1) is 87.4. The molecule has 0 aromatic carbocycles. The topological polar surface area (TPSA) is 548 Å². The predicted molar refractivity (Wildman–Crippen MR) is 293 cm³/mol. The maximum absolute atomic E-state index is 11.7. The molecule has 0 saturated carbocycles. The fraction of sp³-hybridized carbons (Fsp3) is 0.688. The van der Waals surface area contributed by atoms with Gasteiger partial charge in [0.15, 0.2) is 0 Å². The van der Waals surface area contributed by atoms with Gasteiger partial charge in [-0.15, -0.1) is 0 Å². The summed E-state index contributed by atoms with van der Waals surface area (Å²) in [6.07, 6.45) is 0. The molecule has 0 aliphatic rings. The summed E-state index contributed by atoms with van der Waals surface area (Å²) < 4.78 is 0. The third kappa shape index (κ3) is 53.3. The largest absolute Gasteiger partial charge is 3.00 e. The van der Waals surface area contributed by atoms with Crippen molar-refractivity contribution in [3.05, 3.63) is 0 Å². The maximum atomic E-state index is 11.7. The van der Waals surface area contributed by atoms with E-state index in [9.17, 15) is 87.2 Å². The minimum absolute atomic E-state index is 0. The van der Waals surface area contributed by atoms with E-state index in [1.807, 2.05) is 0 Å². The smallest absolute Gasteiger partial charge is 0.549 e. The average molecular weight is 1410 g/mol. The summed E-state index contributed by atoms with van der Waals surface area (Å²) in [5.41, 5.74) is 0. The Labute approximate surface area is 539 Å². The molecule has 0 aliphatic heterocycles. The zero-order valence-electron chi connectivity index (χ0n) is 50.0. The molecule has 0 heterocycles. The van der Waals surface area contributed by atoms with E-state index in [1.165, 1.54) is 57.0 Å². The molecule has 0 fully saturated rings. The number of rotatable bonds is 48. The number of hydrogen-bond donors (Lipinski definition) is 12. The van der Waals surface area contributed by atoms with Gasteiger partial charge < -0.3 is 122 Å². The van der Waals surface area contributed by atoms with Crippen LogP contribution in [0.4, 0.5) is 0 Å². The molecule has 0 unspecified atom stereocenters. The van der Waals surface area contributed by atoms with Crippen molar-refractivity contribution in [3.8, 4) is 0 Å². The molecule has 503 valence electrons. The minimum atomic E-state index is -1.28. The van der Waals surface area contributed by atoms with Gasteiger partial charge in [0.1, 0.15) is 39.3 Å². The summed E-state index contributed by atoms with van der Waals surface area (Å²) >= 11 is 0. The second-order valence-electron chi connectivity index (χ2n) is 18.9. The molecule has 0 aromatic heterocycles.